The van der Waals surface area contributed by atoms with E-state index in [1.807, 2.05) is 13.8 Å². The van der Waals surface area contributed by atoms with E-state index in [0.29, 0.717) is 64.5 Å². The van der Waals surface area contributed by atoms with Gasteiger partial charge in [0.2, 0.25) is 17.7 Å². The third-order valence-electron chi connectivity index (χ3n) is 4.50. The largest absolute Gasteiger partial charge is 0.756 e. The minimum atomic E-state index is -4.20. The van der Waals surface area contributed by atoms with Gasteiger partial charge in [0.1, 0.15) is 6.04 Å². The van der Waals surface area contributed by atoms with Crippen LogP contribution >= 0.6 is 7.82 Å². The predicted octanol–water partition coefficient (Wildman–Crippen LogP) is 2.17. The highest BCUT2D eigenvalue weighted by atomic mass is 31.2. The SMILES string of the molecule is CCCC(=O)NCCCCC(NC(=O)CCC)C(=O)NCCCCCOP(=O)([O-])OCC. The van der Waals surface area contributed by atoms with Gasteiger partial charge < -0.3 is 29.9 Å². The molecule has 0 saturated carbocycles. The highest BCUT2D eigenvalue weighted by molar-refractivity contribution is 7.45. The number of unbranched alkanes of at least 4 members (excludes halogenated alkanes) is 3. The first-order valence-electron chi connectivity index (χ1n) is 11.7. The van der Waals surface area contributed by atoms with E-state index in [-0.39, 0.29) is 30.9 Å². The molecule has 2 unspecified atom stereocenters. The van der Waals surface area contributed by atoms with E-state index < -0.39 is 13.9 Å². The maximum atomic E-state index is 12.5. The molecule has 0 bridgehead atoms. The zero-order valence-corrected chi connectivity index (χ0v) is 20.7. The van der Waals surface area contributed by atoms with Crippen molar-refractivity contribution in [2.24, 2.45) is 0 Å². The molecule has 0 radical (unpaired) electrons. The molecule has 3 N–H and O–H groups in total. The molecule has 188 valence electrons. The fourth-order valence-corrected chi connectivity index (χ4v) is 3.63. The number of carbonyl (C=O) groups excluding carboxylic acids is 3. The van der Waals surface area contributed by atoms with Crippen molar-refractivity contribution in [1.29, 1.82) is 0 Å². The van der Waals surface area contributed by atoms with Crippen LogP contribution in [0.15, 0.2) is 0 Å². The average molecular weight is 479 g/mol. The van der Waals surface area contributed by atoms with E-state index in [9.17, 15) is 23.8 Å². The number of hydrogen-bond acceptors (Lipinski definition) is 7. The van der Waals surface area contributed by atoms with Crippen LogP contribution in [0.25, 0.3) is 0 Å². The van der Waals surface area contributed by atoms with E-state index in [1.54, 1.807) is 6.92 Å². The molecule has 10 nitrogen and oxygen atoms in total. The van der Waals surface area contributed by atoms with Gasteiger partial charge >= 0.3 is 0 Å². The van der Waals surface area contributed by atoms with E-state index >= 15 is 0 Å². The van der Waals surface area contributed by atoms with Crippen LogP contribution in [0, 0.1) is 0 Å². The summed E-state index contributed by atoms with van der Waals surface area (Å²) in [6, 6.07) is -0.610. The quantitative estimate of drug-likeness (QED) is 0.179. The second kappa shape index (κ2) is 19.0. The molecule has 0 aromatic heterocycles. The second-order valence-electron chi connectivity index (χ2n) is 7.52. The van der Waals surface area contributed by atoms with Gasteiger partial charge in [-0.15, -0.1) is 0 Å². The lowest BCUT2D eigenvalue weighted by Gasteiger charge is -2.21. The third kappa shape index (κ3) is 17.1. The van der Waals surface area contributed by atoms with E-state index in [0.717, 1.165) is 12.8 Å². The van der Waals surface area contributed by atoms with Crippen LogP contribution in [-0.4, -0.2) is 50.1 Å². The molecule has 0 aliphatic rings. The molecule has 2 atom stereocenters. The van der Waals surface area contributed by atoms with Gasteiger partial charge in [0.05, 0.1) is 13.2 Å². The lowest BCUT2D eigenvalue weighted by atomic mass is 10.1. The summed E-state index contributed by atoms with van der Waals surface area (Å²) in [4.78, 5) is 47.2. The second-order valence-corrected chi connectivity index (χ2v) is 8.93. The number of amides is 3. The molecule has 0 fully saturated rings. The van der Waals surface area contributed by atoms with Crippen LogP contribution in [0.2, 0.25) is 0 Å². The molecule has 0 rings (SSSR count). The molecule has 0 saturated heterocycles. The topological polar surface area (TPSA) is 146 Å². The highest BCUT2D eigenvalue weighted by Crippen LogP contribution is 2.37. The van der Waals surface area contributed by atoms with Crippen molar-refractivity contribution in [3.63, 3.8) is 0 Å². The Morgan fingerprint density at radius 2 is 1.47 bits per heavy atom. The molecular weight excluding hydrogens is 437 g/mol. The predicted molar refractivity (Wildman–Crippen MR) is 121 cm³/mol. The van der Waals surface area contributed by atoms with Crippen LogP contribution in [0.3, 0.4) is 0 Å². The number of rotatable bonds is 20. The van der Waals surface area contributed by atoms with Gasteiger partial charge in [-0.1, -0.05) is 13.8 Å². The van der Waals surface area contributed by atoms with Crippen LogP contribution in [0.5, 0.6) is 0 Å². The average Bonchev–Trinajstić information content (AvgIpc) is 2.72. The van der Waals surface area contributed by atoms with Crippen LogP contribution < -0.4 is 20.8 Å². The minimum Gasteiger partial charge on any atom is -0.756 e. The lowest BCUT2D eigenvalue weighted by Crippen LogP contribution is -2.47. The zero-order valence-electron chi connectivity index (χ0n) is 19.8. The summed E-state index contributed by atoms with van der Waals surface area (Å²) < 4.78 is 20.5. The molecule has 0 spiro atoms. The first-order valence-corrected chi connectivity index (χ1v) is 13.2. The lowest BCUT2D eigenvalue weighted by molar-refractivity contribution is -0.225. The molecule has 32 heavy (non-hydrogen) atoms. The van der Waals surface area contributed by atoms with Crippen molar-refractivity contribution >= 4 is 25.5 Å². The summed E-state index contributed by atoms with van der Waals surface area (Å²) >= 11 is 0. The fourth-order valence-electron chi connectivity index (χ4n) is 2.89. The summed E-state index contributed by atoms with van der Waals surface area (Å²) in [6.45, 7) is 6.47. The van der Waals surface area contributed by atoms with Crippen molar-refractivity contribution in [2.75, 3.05) is 26.3 Å². The van der Waals surface area contributed by atoms with Crippen molar-refractivity contribution in [1.82, 2.24) is 16.0 Å². The molecule has 3 amide bonds. The molecule has 0 heterocycles. The smallest absolute Gasteiger partial charge is 0.267 e. The number of carbonyl (C=O) groups is 3. The highest BCUT2D eigenvalue weighted by Gasteiger charge is 2.19. The standard InChI is InChI=1S/C21H42N3O7P/c1-4-12-19(25)22-15-10-8-14-18(24-20(26)13-5-2)21(27)23-16-9-7-11-17-31-32(28,29)30-6-3/h18H,4-17H2,1-3H3,(H,22,25)(H,23,27)(H,24,26)(H,28,29)/p-1. The van der Waals surface area contributed by atoms with Crippen LogP contribution in [-0.2, 0) is 28.0 Å². The van der Waals surface area contributed by atoms with Crippen molar-refractivity contribution < 1.29 is 32.9 Å². The summed E-state index contributed by atoms with van der Waals surface area (Å²) in [5, 5.41) is 8.46. The Bertz CT molecular complexity index is 590. The first-order chi connectivity index (χ1) is 15.3. The molecule has 0 aromatic carbocycles. The molecule has 0 aliphatic heterocycles. The zero-order chi connectivity index (χ0) is 24.2. The Labute approximate surface area is 192 Å². The Kier molecular flexibility index (Phi) is 18.2. The van der Waals surface area contributed by atoms with Gasteiger partial charge in [-0.25, -0.2) is 0 Å². The first kappa shape index (κ1) is 30.5. The van der Waals surface area contributed by atoms with Crippen molar-refractivity contribution in [2.45, 2.75) is 91.0 Å². The Morgan fingerprint density at radius 3 is 2.12 bits per heavy atom. The number of nitrogens with one attached hydrogen (secondary N) is 3. The molecule has 0 aromatic rings. The molecule has 0 aliphatic carbocycles. The summed E-state index contributed by atoms with van der Waals surface area (Å²) in [5.74, 6) is -0.363. The monoisotopic (exact) mass is 478 g/mol. The third-order valence-corrected chi connectivity index (χ3v) is 5.58. The van der Waals surface area contributed by atoms with Crippen molar-refractivity contribution in [3.05, 3.63) is 0 Å². The Balaban J connectivity index is 4.22. The Morgan fingerprint density at radius 1 is 0.844 bits per heavy atom. The van der Waals surface area contributed by atoms with E-state index in [2.05, 4.69) is 20.5 Å². The fraction of sp³-hybridized carbons (Fsp3) is 0.857. The summed E-state index contributed by atoms with van der Waals surface area (Å²) in [5.41, 5.74) is 0. The number of hydrogen-bond donors (Lipinski definition) is 3. The van der Waals surface area contributed by atoms with Gasteiger partial charge in [-0.2, -0.15) is 0 Å². The maximum Gasteiger partial charge on any atom is 0.267 e. The molecule has 11 heteroatoms. The number of phosphoric ester groups is 1. The van der Waals surface area contributed by atoms with Gasteiger partial charge in [0.25, 0.3) is 7.82 Å². The van der Waals surface area contributed by atoms with Gasteiger partial charge in [-0.05, 0) is 58.3 Å². The van der Waals surface area contributed by atoms with Gasteiger partial charge in [0, 0.05) is 25.9 Å². The summed E-state index contributed by atoms with van der Waals surface area (Å²) in [6.07, 6.45) is 6.16. The van der Waals surface area contributed by atoms with E-state index in [4.69, 9.17) is 4.52 Å². The van der Waals surface area contributed by atoms with Gasteiger partial charge in [-0.3, -0.25) is 18.9 Å². The normalized spacial score (nSPS) is 13.8. The summed E-state index contributed by atoms with van der Waals surface area (Å²) in [7, 11) is -4.20. The minimum absolute atomic E-state index is 0.0272. The van der Waals surface area contributed by atoms with Crippen LogP contribution in [0.4, 0.5) is 0 Å². The maximum absolute atomic E-state index is 12.5. The van der Waals surface area contributed by atoms with Crippen LogP contribution in [0.1, 0.15) is 85.0 Å². The Hall–Kier alpha value is -1.48. The van der Waals surface area contributed by atoms with Gasteiger partial charge in [0.15, 0.2) is 0 Å². The van der Waals surface area contributed by atoms with E-state index in [1.165, 1.54) is 0 Å². The number of phosphoric acid groups is 1. The van der Waals surface area contributed by atoms with Crippen molar-refractivity contribution in [3.8, 4) is 0 Å². The molecular formula is C21H41N3O7P-.